The molecule has 11 heteroatoms. The molecule has 0 bridgehead atoms. The van der Waals surface area contributed by atoms with Gasteiger partial charge in [-0.05, 0) is 42.7 Å². The second kappa shape index (κ2) is 9.19. The smallest absolute Gasteiger partial charge is 0.380 e. The first kappa shape index (κ1) is 23.9. The summed E-state index contributed by atoms with van der Waals surface area (Å²) in [5, 5.41) is 6.47. The van der Waals surface area contributed by atoms with E-state index in [2.05, 4.69) is 15.4 Å². The molecular weight excluding hydrogens is 473 g/mol. The predicted molar refractivity (Wildman–Crippen MR) is 118 cm³/mol. The van der Waals surface area contributed by atoms with E-state index in [-0.39, 0.29) is 35.4 Å². The number of ether oxygens (including phenoxy) is 1. The molecule has 0 spiro atoms. The van der Waals surface area contributed by atoms with E-state index < -0.39 is 28.6 Å². The Morgan fingerprint density at radius 2 is 2.03 bits per heavy atom. The second-order valence-electron chi connectivity index (χ2n) is 8.06. The van der Waals surface area contributed by atoms with Gasteiger partial charge in [0.25, 0.3) is 5.91 Å². The van der Waals surface area contributed by atoms with Gasteiger partial charge in [0.1, 0.15) is 5.69 Å². The number of nitrogens with zero attached hydrogens (tertiary/aromatic N) is 3. The maximum atomic E-state index is 13.4. The molecule has 0 fully saturated rings. The fourth-order valence-electron chi connectivity index (χ4n) is 4.06. The van der Waals surface area contributed by atoms with Gasteiger partial charge in [0.05, 0.1) is 46.6 Å². The minimum absolute atomic E-state index is 0.175. The fourth-order valence-corrected chi connectivity index (χ4v) is 4.36. The average Bonchev–Trinajstić information content (AvgIpc) is 3.20. The number of nitrogens with one attached hydrogen (secondary N) is 1. The topological polar surface area (TPSA) is 86.1 Å². The van der Waals surface area contributed by atoms with Crippen LogP contribution in [0.25, 0.3) is 0 Å². The number of methoxy groups -OCH3 is 1. The van der Waals surface area contributed by atoms with E-state index in [4.69, 9.17) is 16.3 Å². The highest BCUT2D eigenvalue weighted by atomic mass is 35.5. The van der Waals surface area contributed by atoms with Crippen LogP contribution in [0.4, 0.5) is 18.9 Å². The first-order chi connectivity index (χ1) is 16.1. The lowest BCUT2D eigenvalue weighted by molar-refractivity contribution is -0.137. The third kappa shape index (κ3) is 4.55. The molecule has 2 atom stereocenters. The van der Waals surface area contributed by atoms with E-state index in [9.17, 15) is 22.8 Å². The highest BCUT2D eigenvalue weighted by molar-refractivity contribution is 6.31. The highest BCUT2D eigenvalue weighted by Gasteiger charge is 2.38. The molecular formula is C23H20ClF3N4O3. The number of Topliss-reactive ketones (excluding diaryl/α,β-unsaturated/α-hetero) is 1. The Morgan fingerprint density at radius 1 is 1.26 bits per heavy atom. The monoisotopic (exact) mass is 492 g/mol. The Balaban J connectivity index is 1.63. The second-order valence-corrected chi connectivity index (χ2v) is 8.47. The molecule has 1 amide bonds. The maximum absolute atomic E-state index is 13.4. The predicted octanol–water partition coefficient (Wildman–Crippen LogP) is 5.28. The molecule has 1 aliphatic rings. The number of alkyl halides is 3. The van der Waals surface area contributed by atoms with E-state index in [0.29, 0.717) is 17.5 Å². The summed E-state index contributed by atoms with van der Waals surface area (Å²) in [6.07, 6.45) is 0.0850. The molecule has 34 heavy (non-hydrogen) atoms. The number of amides is 1. The van der Waals surface area contributed by atoms with Crippen LogP contribution in [0.2, 0.25) is 5.02 Å². The number of fused-ring (bicyclic) bond motifs is 1. The Morgan fingerprint density at radius 3 is 2.71 bits per heavy atom. The number of aromatic nitrogens is 3. The molecule has 4 rings (SSSR count). The number of halogens is 4. The zero-order valence-corrected chi connectivity index (χ0v) is 18.9. The van der Waals surface area contributed by atoms with Gasteiger partial charge in [-0.3, -0.25) is 19.3 Å². The SMILES string of the molecule is COCc1cncc(C(=O)Nc2cnn3c2C(=O)C(c2ccc(C(F)(F)F)c(Cl)c2)C[C@@H]3C)c1. The Hall–Kier alpha value is -3.24. The maximum Gasteiger partial charge on any atom is 0.417 e. The number of carbonyl (C=O) groups excluding carboxylic acids is 2. The zero-order valence-electron chi connectivity index (χ0n) is 18.2. The van der Waals surface area contributed by atoms with Crippen molar-refractivity contribution in [2.45, 2.75) is 38.1 Å². The summed E-state index contributed by atoms with van der Waals surface area (Å²) < 4.78 is 45.8. The first-order valence-electron chi connectivity index (χ1n) is 10.3. The number of hydrogen-bond donors (Lipinski definition) is 1. The normalized spacial score (nSPS) is 18.0. The van der Waals surface area contributed by atoms with Crippen molar-refractivity contribution < 1.29 is 27.5 Å². The van der Waals surface area contributed by atoms with Crippen molar-refractivity contribution in [3.05, 3.63) is 75.8 Å². The zero-order chi connectivity index (χ0) is 24.6. The molecule has 1 unspecified atom stereocenters. The summed E-state index contributed by atoms with van der Waals surface area (Å²) in [6, 6.07) is 4.71. The van der Waals surface area contributed by atoms with E-state index >= 15 is 0 Å². The van der Waals surface area contributed by atoms with Crippen molar-refractivity contribution >= 4 is 29.0 Å². The van der Waals surface area contributed by atoms with Crippen LogP contribution in [0.3, 0.4) is 0 Å². The van der Waals surface area contributed by atoms with Crippen LogP contribution in [-0.4, -0.2) is 33.6 Å². The molecule has 1 N–H and O–H groups in total. The van der Waals surface area contributed by atoms with E-state index in [1.165, 1.54) is 36.3 Å². The standard InChI is InChI=1S/C23H20ClF3N4O3/c1-12-5-16(14-3-4-17(18(24)7-14)23(25,26)27)21(32)20-19(10-29-31(12)20)30-22(33)15-6-13(11-34-2)8-28-9-15/h3-4,6-10,12,16H,5,11H2,1-2H3,(H,30,33)/t12-,16?/m0/s1. The van der Waals surface area contributed by atoms with Crippen molar-refractivity contribution in [3.8, 4) is 0 Å². The van der Waals surface area contributed by atoms with Crippen molar-refractivity contribution in [2.24, 2.45) is 0 Å². The van der Waals surface area contributed by atoms with Crippen LogP contribution >= 0.6 is 11.6 Å². The van der Waals surface area contributed by atoms with E-state index in [0.717, 1.165) is 6.07 Å². The van der Waals surface area contributed by atoms with E-state index in [1.807, 2.05) is 6.92 Å². The fraction of sp³-hybridized carbons (Fsp3) is 0.304. The third-order valence-electron chi connectivity index (χ3n) is 5.66. The third-order valence-corrected chi connectivity index (χ3v) is 5.97. The number of rotatable bonds is 5. The molecule has 0 saturated heterocycles. The molecule has 1 aliphatic heterocycles. The summed E-state index contributed by atoms with van der Waals surface area (Å²) >= 11 is 5.88. The van der Waals surface area contributed by atoms with Crippen molar-refractivity contribution in [1.82, 2.24) is 14.8 Å². The Bertz CT molecular complexity index is 1260. The lowest BCUT2D eigenvalue weighted by Crippen LogP contribution is -2.29. The lowest BCUT2D eigenvalue weighted by atomic mass is 9.84. The summed E-state index contributed by atoms with van der Waals surface area (Å²) in [7, 11) is 1.53. The van der Waals surface area contributed by atoms with Gasteiger partial charge in [-0.2, -0.15) is 18.3 Å². The molecule has 7 nitrogen and oxygen atoms in total. The van der Waals surface area contributed by atoms with Crippen molar-refractivity contribution in [3.63, 3.8) is 0 Å². The number of ketones is 1. The van der Waals surface area contributed by atoms with Crippen LogP contribution < -0.4 is 5.32 Å². The summed E-state index contributed by atoms with van der Waals surface area (Å²) in [4.78, 5) is 30.2. The highest BCUT2D eigenvalue weighted by Crippen LogP contribution is 2.41. The van der Waals surface area contributed by atoms with Gasteiger partial charge in [0, 0.05) is 19.5 Å². The largest absolute Gasteiger partial charge is 0.417 e. The van der Waals surface area contributed by atoms with Crippen LogP contribution in [-0.2, 0) is 17.5 Å². The molecule has 178 valence electrons. The van der Waals surface area contributed by atoms with E-state index in [1.54, 1.807) is 12.3 Å². The minimum atomic E-state index is -4.59. The van der Waals surface area contributed by atoms with Gasteiger partial charge in [0.2, 0.25) is 0 Å². The average molecular weight is 493 g/mol. The molecule has 0 aliphatic carbocycles. The van der Waals surface area contributed by atoms with Crippen LogP contribution in [0, 0.1) is 0 Å². The number of hydrogen-bond acceptors (Lipinski definition) is 5. The lowest BCUT2D eigenvalue weighted by Gasteiger charge is -2.28. The van der Waals surface area contributed by atoms with Crippen molar-refractivity contribution in [1.29, 1.82) is 0 Å². The number of anilines is 1. The number of benzene rings is 1. The Labute approximate surface area is 197 Å². The number of pyridine rings is 1. The molecule has 1 aromatic carbocycles. The summed E-state index contributed by atoms with van der Waals surface area (Å²) in [5.41, 5.74) is 0.774. The van der Waals surface area contributed by atoms with Gasteiger partial charge >= 0.3 is 6.18 Å². The van der Waals surface area contributed by atoms with Gasteiger partial charge in [-0.15, -0.1) is 0 Å². The summed E-state index contributed by atoms with van der Waals surface area (Å²) in [6.45, 7) is 2.12. The van der Waals surface area contributed by atoms with Gasteiger partial charge in [0.15, 0.2) is 5.78 Å². The van der Waals surface area contributed by atoms with Crippen LogP contribution in [0.5, 0.6) is 0 Å². The van der Waals surface area contributed by atoms with Crippen LogP contribution in [0.15, 0.2) is 42.9 Å². The Kier molecular flexibility index (Phi) is 6.46. The first-order valence-corrected chi connectivity index (χ1v) is 10.7. The molecule has 3 aromatic rings. The summed E-state index contributed by atoms with van der Waals surface area (Å²) in [5.74, 6) is -1.59. The number of carbonyl (C=O) groups is 2. The molecule has 3 heterocycles. The molecule has 0 saturated carbocycles. The van der Waals surface area contributed by atoms with Gasteiger partial charge < -0.3 is 10.1 Å². The van der Waals surface area contributed by atoms with Crippen LogP contribution in [0.1, 0.15) is 62.8 Å². The molecule has 0 radical (unpaired) electrons. The molecule has 2 aromatic heterocycles. The minimum Gasteiger partial charge on any atom is -0.380 e. The van der Waals surface area contributed by atoms with Gasteiger partial charge in [-0.1, -0.05) is 17.7 Å². The quantitative estimate of drug-likeness (QED) is 0.523. The van der Waals surface area contributed by atoms with Gasteiger partial charge in [-0.25, -0.2) is 0 Å². The van der Waals surface area contributed by atoms with Crippen molar-refractivity contribution in [2.75, 3.05) is 12.4 Å².